The van der Waals surface area contributed by atoms with Gasteiger partial charge in [-0.2, -0.15) is 4.31 Å². The molecule has 0 aliphatic carbocycles. The number of carbonyl (C=O) groups is 1. The van der Waals surface area contributed by atoms with Crippen molar-refractivity contribution < 1.29 is 18.3 Å². The van der Waals surface area contributed by atoms with Crippen LogP contribution in [0.25, 0.3) is 0 Å². The third-order valence-electron chi connectivity index (χ3n) is 2.23. The number of rotatable bonds is 4. The zero-order chi connectivity index (χ0) is 11.6. The maximum absolute atomic E-state index is 11.8. The molecule has 0 spiro atoms. The Morgan fingerprint density at radius 1 is 1.60 bits per heavy atom. The van der Waals surface area contributed by atoms with Gasteiger partial charge in [0.2, 0.25) is 10.0 Å². The van der Waals surface area contributed by atoms with Crippen LogP contribution in [-0.2, 0) is 14.8 Å². The summed E-state index contributed by atoms with van der Waals surface area (Å²) in [6.45, 7) is 3.49. The number of carboxylic acid groups (broad SMARTS) is 1. The van der Waals surface area contributed by atoms with Gasteiger partial charge < -0.3 is 5.11 Å². The number of thioether (sulfide) groups is 1. The fourth-order valence-corrected chi connectivity index (χ4v) is 5.05. The van der Waals surface area contributed by atoms with Crippen molar-refractivity contribution in [3.05, 3.63) is 0 Å². The Kier molecular flexibility index (Phi) is 4.02. The van der Waals surface area contributed by atoms with E-state index in [9.17, 15) is 13.2 Å². The van der Waals surface area contributed by atoms with Gasteiger partial charge in [-0.1, -0.05) is 6.92 Å². The van der Waals surface area contributed by atoms with Gasteiger partial charge >= 0.3 is 5.97 Å². The summed E-state index contributed by atoms with van der Waals surface area (Å²) in [5, 5.41) is 8.64. The second-order valence-electron chi connectivity index (χ2n) is 3.43. The molecule has 5 nitrogen and oxygen atoms in total. The Bertz CT molecular complexity index is 341. The highest BCUT2D eigenvalue weighted by molar-refractivity contribution is 8.01. The molecule has 7 heteroatoms. The van der Waals surface area contributed by atoms with E-state index in [2.05, 4.69) is 0 Å². The van der Waals surface area contributed by atoms with Gasteiger partial charge in [0.1, 0.15) is 6.04 Å². The molecule has 1 rings (SSSR count). The Labute approximate surface area is 93.9 Å². The summed E-state index contributed by atoms with van der Waals surface area (Å²) in [6, 6.07) is -0.901. The molecule has 0 bridgehead atoms. The molecule has 1 saturated heterocycles. The molecule has 1 N–H and O–H groups in total. The van der Waals surface area contributed by atoms with Crippen molar-refractivity contribution in [3.8, 4) is 0 Å². The lowest BCUT2D eigenvalue weighted by molar-refractivity contribution is -0.140. The fraction of sp³-hybridized carbons (Fsp3) is 0.875. The number of aliphatic carboxylic acids is 1. The van der Waals surface area contributed by atoms with Gasteiger partial charge in [0, 0.05) is 5.75 Å². The standard InChI is InChI=1S/C8H15NO4S2/c1-3-4-15(12,13)9-6(2)14-5-7(9)8(10)11/h6-7H,3-5H2,1-2H3,(H,10,11). The predicted octanol–water partition coefficient (Wildman–Crippen LogP) is 0.574. The van der Waals surface area contributed by atoms with Gasteiger partial charge in [-0.05, 0) is 13.3 Å². The Hall–Kier alpha value is -0.270. The van der Waals surface area contributed by atoms with Gasteiger partial charge in [-0.15, -0.1) is 11.8 Å². The number of carboxylic acids is 1. The van der Waals surface area contributed by atoms with Crippen LogP contribution in [0.4, 0.5) is 0 Å². The minimum absolute atomic E-state index is 0.0156. The number of hydrogen-bond acceptors (Lipinski definition) is 4. The average molecular weight is 253 g/mol. The monoisotopic (exact) mass is 253 g/mol. The molecule has 0 aromatic carbocycles. The van der Waals surface area contributed by atoms with E-state index < -0.39 is 22.0 Å². The Morgan fingerprint density at radius 3 is 2.67 bits per heavy atom. The summed E-state index contributed by atoms with van der Waals surface area (Å²) in [5.41, 5.74) is 0. The van der Waals surface area contributed by atoms with E-state index in [0.29, 0.717) is 12.2 Å². The molecule has 15 heavy (non-hydrogen) atoms. The van der Waals surface area contributed by atoms with Crippen LogP contribution in [0.3, 0.4) is 0 Å². The van der Waals surface area contributed by atoms with Crippen LogP contribution in [0.15, 0.2) is 0 Å². The lowest BCUT2D eigenvalue weighted by atomic mass is 10.3. The fourth-order valence-electron chi connectivity index (χ4n) is 1.59. The number of nitrogens with zero attached hydrogens (tertiary/aromatic N) is 1. The highest BCUT2D eigenvalue weighted by atomic mass is 32.2. The van der Waals surface area contributed by atoms with Gasteiger partial charge in [-0.3, -0.25) is 4.79 Å². The van der Waals surface area contributed by atoms with Crippen molar-refractivity contribution in [1.29, 1.82) is 0 Å². The van der Waals surface area contributed by atoms with E-state index in [0.717, 1.165) is 4.31 Å². The lowest BCUT2D eigenvalue weighted by Crippen LogP contribution is -2.45. The molecule has 88 valence electrons. The molecule has 1 heterocycles. The Morgan fingerprint density at radius 2 is 2.20 bits per heavy atom. The minimum atomic E-state index is -3.42. The normalized spacial score (nSPS) is 28.1. The first-order valence-corrected chi connectivity index (χ1v) is 7.41. The van der Waals surface area contributed by atoms with Crippen LogP contribution in [0, 0.1) is 0 Å². The van der Waals surface area contributed by atoms with Crippen LogP contribution in [0.5, 0.6) is 0 Å². The number of sulfonamides is 1. The lowest BCUT2D eigenvalue weighted by Gasteiger charge is -2.23. The van der Waals surface area contributed by atoms with Gasteiger partial charge in [0.25, 0.3) is 0 Å². The second kappa shape index (κ2) is 4.71. The topological polar surface area (TPSA) is 74.7 Å². The first-order valence-electron chi connectivity index (χ1n) is 4.75. The van der Waals surface area contributed by atoms with Gasteiger partial charge in [0.15, 0.2) is 0 Å². The zero-order valence-electron chi connectivity index (χ0n) is 8.71. The Balaban J connectivity index is 2.94. The van der Waals surface area contributed by atoms with Crippen LogP contribution in [-0.4, -0.2) is 46.7 Å². The average Bonchev–Trinajstić information content (AvgIpc) is 2.47. The molecular formula is C8H15NO4S2. The molecule has 0 aromatic rings. The maximum Gasteiger partial charge on any atom is 0.322 e. The van der Waals surface area contributed by atoms with E-state index in [1.54, 1.807) is 13.8 Å². The predicted molar refractivity (Wildman–Crippen MR) is 59.3 cm³/mol. The van der Waals surface area contributed by atoms with Crippen LogP contribution in [0.2, 0.25) is 0 Å². The van der Waals surface area contributed by atoms with Crippen molar-refractivity contribution in [1.82, 2.24) is 4.31 Å². The highest BCUT2D eigenvalue weighted by Crippen LogP contribution is 2.31. The third-order valence-corrected chi connectivity index (χ3v) is 5.72. The quantitative estimate of drug-likeness (QED) is 0.793. The first-order chi connectivity index (χ1) is 6.90. The highest BCUT2D eigenvalue weighted by Gasteiger charge is 2.43. The minimum Gasteiger partial charge on any atom is -0.480 e. The van der Waals surface area contributed by atoms with Gasteiger partial charge in [-0.25, -0.2) is 8.42 Å². The summed E-state index contributed by atoms with van der Waals surface area (Å²) in [6.07, 6.45) is 0.503. The van der Waals surface area contributed by atoms with E-state index in [4.69, 9.17) is 5.11 Å². The van der Waals surface area contributed by atoms with E-state index in [1.807, 2.05) is 0 Å². The molecule has 0 saturated carbocycles. The van der Waals surface area contributed by atoms with E-state index in [1.165, 1.54) is 11.8 Å². The molecule has 0 radical (unpaired) electrons. The summed E-state index contributed by atoms with van der Waals surface area (Å²) in [7, 11) is -3.42. The summed E-state index contributed by atoms with van der Waals surface area (Å²) < 4.78 is 24.7. The SMILES string of the molecule is CCCS(=O)(=O)N1C(C)SCC1C(=O)O. The molecule has 2 unspecified atom stereocenters. The largest absolute Gasteiger partial charge is 0.480 e. The molecule has 1 aliphatic rings. The summed E-state index contributed by atoms with van der Waals surface area (Å²) in [5.74, 6) is -0.715. The van der Waals surface area contributed by atoms with Crippen LogP contribution in [0.1, 0.15) is 20.3 Å². The van der Waals surface area contributed by atoms with Crippen molar-refractivity contribution in [3.63, 3.8) is 0 Å². The molecule has 0 amide bonds. The van der Waals surface area contributed by atoms with E-state index >= 15 is 0 Å². The van der Waals surface area contributed by atoms with Crippen molar-refractivity contribution in [2.75, 3.05) is 11.5 Å². The third kappa shape index (κ3) is 2.64. The second-order valence-corrected chi connectivity index (χ2v) is 6.78. The van der Waals surface area contributed by atoms with E-state index in [-0.39, 0.29) is 11.1 Å². The zero-order valence-corrected chi connectivity index (χ0v) is 10.3. The van der Waals surface area contributed by atoms with Crippen molar-refractivity contribution >= 4 is 27.8 Å². The molecule has 0 aromatic heterocycles. The maximum atomic E-state index is 11.8. The van der Waals surface area contributed by atoms with Crippen LogP contribution < -0.4 is 0 Å². The molecular weight excluding hydrogens is 238 g/mol. The molecule has 1 aliphatic heterocycles. The van der Waals surface area contributed by atoms with Crippen molar-refractivity contribution in [2.24, 2.45) is 0 Å². The number of hydrogen-bond donors (Lipinski definition) is 1. The molecule has 2 atom stereocenters. The van der Waals surface area contributed by atoms with Crippen LogP contribution >= 0.6 is 11.8 Å². The summed E-state index contributed by atoms with van der Waals surface area (Å²) >= 11 is 1.36. The van der Waals surface area contributed by atoms with Crippen molar-refractivity contribution in [2.45, 2.75) is 31.7 Å². The first kappa shape index (κ1) is 12.8. The smallest absolute Gasteiger partial charge is 0.322 e. The van der Waals surface area contributed by atoms with Gasteiger partial charge in [0.05, 0.1) is 11.1 Å². The summed E-state index contributed by atoms with van der Waals surface area (Å²) in [4.78, 5) is 10.9. The molecule has 1 fully saturated rings.